The molecule has 0 unspecified atom stereocenters. The predicted octanol–water partition coefficient (Wildman–Crippen LogP) is 0.0533. The first-order chi connectivity index (χ1) is 7.43. The van der Waals surface area contributed by atoms with Crippen molar-refractivity contribution < 1.29 is 13.2 Å². The molecule has 102 valence electrons. The van der Waals surface area contributed by atoms with Gasteiger partial charge in [0.15, 0.2) is 9.84 Å². The Hall–Kier alpha value is -0.330. The van der Waals surface area contributed by atoms with Gasteiger partial charge in [0.05, 0.1) is 5.25 Å². The summed E-state index contributed by atoms with van der Waals surface area (Å²) in [4.78, 5) is 13.4. The molecule has 1 rings (SSSR count). The number of sulfone groups is 1. The van der Waals surface area contributed by atoms with Gasteiger partial charge < -0.3 is 10.2 Å². The molecule has 1 fully saturated rings. The van der Waals surface area contributed by atoms with E-state index in [2.05, 4.69) is 5.32 Å². The molecule has 17 heavy (non-hydrogen) atoms. The number of carbonyl (C=O) groups is 1. The molecular weight excluding hydrogens is 264 g/mol. The third-order valence-electron chi connectivity index (χ3n) is 2.74. The van der Waals surface area contributed by atoms with E-state index < -0.39 is 15.1 Å². The van der Waals surface area contributed by atoms with Crippen LogP contribution < -0.4 is 5.32 Å². The van der Waals surface area contributed by atoms with E-state index in [1.54, 1.807) is 18.7 Å². The van der Waals surface area contributed by atoms with Crippen molar-refractivity contribution in [3.8, 4) is 0 Å². The normalized spacial score (nSPS) is 17.5. The van der Waals surface area contributed by atoms with Gasteiger partial charge in [-0.25, -0.2) is 8.42 Å². The predicted molar refractivity (Wildman–Crippen MR) is 70.2 cm³/mol. The summed E-state index contributed by atoms with van der Waals surface area (Å²) in [5.74, 6) is -0.623. The van der Waals surface area contributed by atoms with Gasteiger partial charge in [0.1, 0.15) is 5.75 Å². The summed E-state index contributed by atoms with van der Waals surface area (Å²) in [6.07, 6.45) is 0.882. The molecule has 1 aliphatic rings. The number of amides is 1. The fourth-order valence-electron chi connectivity index (χ4n) is 1.53. The molecule has 0 spiro atoms. The zero-order valence-electron chi connectivity index (χ0n) is 10.3. The van der Waals surface area contributed by atoms with Crippen molar-refractivity contribution in [2.45, 2.75) is 25.5 Å². The van der Waals surface area contributed by atoms with E-state index in [4.69, 9.17) is 0 Å². The first-order valence-electron chi connectivity index (χ1n) is 5.63. The van der Waals surface area contributed by atoms with Crippen LogP contribution >= 0.6 is 12.4 Å². The summed E-state index contributed by atoms with van der Waals surface area (Å²) < 4.78 is 23.2. The molecule has 7 heteroatoms. The molecule has 0 aromatic rings. The first kappa shape index (κ1) is 16.7. The fourth-order valence-corrected chi connectivity index (χ4v) is 2.39. The van der Waals surface area contributed by atoms with Gasteiger partial charge in [0.2, 0.25) is 5.91 Å². The molecule has 5 nitrogen and oxygen atoms in total. The molecule has 1 saturated heterocycles. The van der Waals surface area contributed by atoms with Crippen LogP contribution in [0.3, 0.4) is 0 Å². The van der Waals surface area contributed by atoms with Gasteiger partial charge in [-0.3, -0.25) is 4.79 Å². The van der Waals surface area contributed by atoms with Crippen LogP contribution in [0.5, 0.6) is 0 Å². The highest BCUT2D eigenvalue weighted by Gasteiger charge is 2.24. The number of hydrogen-bond donors (Lipinski definition) is 1. The molecule has 1 aliphatic heterocycles. The zero-order valence-corrected chi connectivity index (χ0v) is 11.9. The third-order valence-corrected chi connectivity index (χ3v) is 4.82. The molecule has 0 radical (unpaired) electrons. The van der Waals surface area contributed by atoms with Crippen molar-refractivity contribution in [2.75, 3.05) is 31.9 Å². The average Bonchev–Trinajstić information content (AvgIpc) is 2.44. The molecule has 0 saturated carbocycles. The van der Waals surface area contributed by atoms with Crippen LogP contribution in [0.25, 0.3) is 0 Å². The van der Waals surface area contributed by atoms with E-state index in [-0.39, 0.29) is 24.1 Å². The fraction of sp³-hybridized carbons (Fsp3) is 0.900. The van der Waals surface area contributed by atoms with Crippen LogP contribution in [0, 0.1) is 0 Å². The average molecular weight is 285 g/mol. The highest BCUT2D eigenvalue weighted by atomic mass is 35.5. The van der Waals surface area contributed by atoms with Gasteiger partial charge in [-0.2, -0.15) is 0 Å². The number of carbonyl (C=O) groups excluding carboxylic acids is 1. The molecule has 0 aromatic carbocycles. The Morgan fingerprint density at radius 3 is 2.53 bits per heavy atom. The van der Waals surface area contributed by atoms with Crippen molar-refractivity contribution >= 4 is 28.2 Å². The topological polar surface area (TPSA) is 66.5 Å². The van der Waals surface area contributed by atoms with Gasteiger partial charge in [-0.1, -0.05) is 0 Å². The minimum absolute atomic E-state index is 0. The number of rotatable bonds is 3. The minimum Gasteiger partial charge on any atom is -0.340 e. The van der Waals surface area contributed by atoms with Gasteiger partial charge in [0.25, 0.3) is 0 Å². The first-order valence-corrected chi connectivity index (χ1v) is 7.35. The summed E-state index contributed by atoms with van der Waals surface area (Å²) in [7, 11) is -3.27. The van der Waals surface area contributed by atoms with Crippen LogP contribution in [-0.2, 0) is 14.6 Å². The number of nitrogens with one attached hydrogen (secondary N) is 1. The van der Waals surface area contributed by atoms with Gasteiger partial charge in [-0.15, -0.1) is 12.4 Å². The lowest BCUT2D eigenvalue weighted by Gasteiger charge is -2.20. The van der Waals surface area contributed by atoms with Crippen LogP contribution in [0.2, 0.25) is 0 Å². The number of halogens is 1. The standard InChI is InChI=1S/C10H20N2O3S.ClH/c1-9(2)16(14,15)8-10(13)12-6-3-4-11-5-7-12;/h9,11H,3-8H2,1-2H3;1H. The highest BCUT2D eigenvalue weighted by Crippen LogP contribution is 2.04. The second-order valence-electron chi connectivity index (χ2n) is 4.34. The summed E-state index contributed by atoms with van der Waals surface area (Å²) in [5.41, 5.74) is 0. The van der Waals surface area contributed by atoms with Crippen LogP contribution in [0.4, 0.5) is 0 Å². The maximum Gasteiger partial charge on any atom is 0.237 e. The van der Waals surface area contributed by atoms with Gasteiger partial charge >= 0.3 is 0 Å². The summed E-state index contributed by atoms with van der Waals surface area (Å²) in [6.45, 7) is 6.10. The van der Waals surface area contributed by atoms with E-state index in [1.807, 2.05) is 0 Å². The third kappa shape index (κ3) is 5.23. The molecule has 0 aromatic heterocycles. The number of hydrogen-bond acceptors (Lipinski definition) is 4. The largest absolute Gasteiger partial charge is 0.340 e. The summed E-state index contributed by atoms with van der Waals surface area (Å²) in [6, 6.07) is 0. The van der Waals surface area contributed by atoms with E-state index in [9.17, 15) is 13.2 Å². The highest BCUT2D eigenvalue weighted by molar-refractivity contribution is 7.92. The van der Waals surface area contributed by atoms with Gasteiger partial charge in [-0.05, 0) is 26.8 Å². The van der Waals surface area contributed by atoms with Crippen molar-refractivity contribution in [2.24, 2.45) is 0 Å². The minimum atomic E-state index is -3.27. The van der Waals surface area contributed by atoms with E-state index in [0.29, 0.717) is 13.1 Å². The van der Waals surface area contributed by atoms with Crippen molar-refractivity contribution in [1.29, 1.82) is 0 Å². The van der Waals surface area contributed by atoms with Crippen LogP contribution in [0.1, 0.15) is 20.3 Å². The lowest BCUT2D eigenvalue weighted by Crippen LogP contribution is -2.39. The molecule has 0 aliphatic carbocycles. The van der Waals surface area contributed by atoms with E-state index >= 15 is 0 Å². The lowest BCUT2D eigenvalue weighted by atomic mass is 10.4. The van der Waals surface area contributed by atoms with E-state index in [1.165, 1.54) is 0 Å². The quantitative estimate of drug-likeness (QED) is 0.795. The molecular formula is C10H21ClN2O3S. The molecule has 1 N–H and O–H groups in total. The number of nitrogens with zero attached hydrogens (tertiary/aromatic N) is 1. The zero-order chi connectivity index (χ0) is 12.2. The maximum atomic E-state index is 11.8. The second-order valence-corrected chi connectivity index (χ2v) is 6.90. The van der Waals surface area contributed by atoms with Crippen molar-refractivity contribution in [3.05, 3.63) is 0 Å². The Kier molecular flexibility index (Phi) is 7.04. The molecule has 0 bridgehead atoms. The van der Waals surface area contributed by atoms with Crippen LogP contribution in [0.15, 0.2) is 0 Å². The molecule has 1 heterocycles. The maximum absolute atomic E-state index is 11.8. The smallest absolute Gasteiger partial charge is 0.237 e. The Morgan fingerprint density at radius 2 is 1.94 bits per heavy atom. The molecule has 0 atom stereocenters. The Bertz CT molecular complexity index is 335. The Morgan fingerprint density at radius 1 is 1.29 bits per heavy atom. The second kappa shape index (κ2) is 7.18. The summed E-state index contributed by atoms with van der Waals surface area (Å²) in [5, 5.41) is 2.69. The molecule has 1 amide bonds. The van der Waals surface area contributed by atoms with Crippen molar-refractivity contribution in [1.82, 2.24) is 10.2 Å². The Balaban J connectivity index is 0.00000256. The lowest BCUT2D eigenvalue weighted by molar-refractivity contribution is -0.128. The SMILES string of the molecule is CC(C)S(=O)(=O)CC(=O)N1CCCNCC1.Cl. The van der Waals surface area contributed by atoms with Crippen molar-refractivity contribution in [3.63, 3.8) is 0 Å². The Labute approximate surface area is 109 Å². The van der Waals surface area contributed by atoms with Gasteiger partial charge in [0, 0.05) is 19.6 Å². The van der Waals surface area contributed by atoms with E-state index in [0.717, 1.165) is 19.5 Å². The summed E-state index contributed by atoms with van der Waals surface area (Å²) >= 11 is 0. The van der Waals surface area contributed by atoms with Crippen LogP contribution in [-0.4, -0.2) is 56.4 Å². The monoisotopic (exact) mass is 284 g/mol.